The first-order valence-corrected chi connectivity index (χ1v) is 17.0. The van der Waals surface area contributed by atoms with Gasteiger partial charge < -0.3 is 10.1 Å². The molecule has 0 radical (unpaired) electrons. The first-order valence-electron chi connectivity index (χ1n) is 17.0. The summed E-state index contributed by atoms with van der Waals surface area (Å²) in [5.41, 5.74) is 17.6. The zero-order chi connectivity index (χ0) is 31.5. The number of hydrogen-bond donors (Lipinski definition) is 2. The summed E-state index contributed by atoms with van der Waals surface area (Å²) in [6, 6.07) is 0. The van der Waals surface area contributed by atoms with Gasteiger partial charge in [0.25, 0.3) is 0 Å². The van der Waals surface area contributed by atoms with E-state index < -0.39 is 0 Å². The highest BCUT2D eigenvalue weighted by Crippen LogP contribution is 2.43. The predicted molar refractivity (Wildman–Crippen MR) is 189 cm³/mol. The number of aromatic amines is 1. The highest BCUT2D eigenvalue weighted by molar-refractivity contribution is 6.33. The molecule has 1 aromatic rings. The lowest BCUT2D eigenvalue weighted by Crippen LogP contribution is -2.23. The topological polar surface area (TPSA) is 73.1 Å². The number of aromatic nitrogens is 1. The predicted octanol–water partition coefficient (Wildman–Crippen LogP) is 10.4. The molecular formula is C39H50N4O. The van der Waals surface area contributed by atoms with Crippen LogP contribution >= 0.6 is 0 Å². The minimum atomic E-state index is 0.272. The number of H-pyrrole nitrogens is 1. The molecule has 0 saturated carbocycles. The fourth-order valence-electron chi connectivity index (χ4n) is 7.86. The Morgan fingerprint density at radius 1 is 0.659 bits per heavy atom. The van der Waals surface area contributed by atoms with Crippen molar-refractivity contribution in [3.63, 3.8) is 0 Å². The lowest BCUT2D eigenvalue weighted by atomic mass is 9.80. The zero-order valence-electron chi connectivity index (χ0n) is 28.1. The van der Waals surface area contributed by atoms with Gasteiger partial charge in [-0.1, -0.05) is 55.4 Å². The lowest BCUT2D eigenvalue weighted by molar-refractivity contribution is 0.473. The van der Waals surface area contributed by atoms with E-state index in [1.165, 1.54) is 39.1 Å². The van der Waals surface area contributed by atoms with Crippen LogP contribution in [0.4, 0.5) is 0 Å². The second-order valence-corrected chi connectivity index (χ2v) is 12.0. The van der Waals surface area contributed by atoms with Gasteiger partial charge in [-0.2, -0.15) is 0 Å². The molecule has 5 heterocycles. The van der Waals surface area contributed by atoms with Gasteiger partial charge in [0.05, 0.1) is 34.8 Å². The molecular weight excluding hydrogens is 540 g/mol. The Labute approximate surface area is 264 Å². The van der Waals surface area contributed by atoms with Crippen molar-refractivity contribution in [1.82, 2.24) is 4.98 Å². The second kappa shape index (κ2) is 13.5. The van der Waals surface area contributed by atoms with Crippen LogP contribution in [-0.4, -0.2) is 27.2 Å². The number of nitrogens with one attached hydrogen (secondary N) is 1. The summed E-state index contributed by atoms with van der Waals surface area (Å²) in [5.74, 6) is 0.584. The largest absolute Gasteiger partial charge is 0.516 e. The molecule has 2 atom stereocenters. The van der Waals surface area contributed by atoms with Gasteiger partial charge in [0, 0.05) is 34.5 Å². The summed E-state index contributed by atoms with van der Waals surface area (Å²) in [6.45, 7) is 18.0. The van der Waals surface area contributed by atoms with Crippen LogP contribution in [0.25, 0.3) is 12.2 Å². The SMILES string of the molecule is CCC1=C(CC)C2=NC1=Cc1[nH]c(c(CC)c1CC)C=C1N=C(C(=CC=CO)C3=NC(=C2)C(CC)=C3CC)[C@@H](CC)[C@@H]1CC. The minimum absolute atomic E-state index is 0.272. The van der Waals surface area contributed by atoms with Crippen LogP contribution in [0.15, 0.2) is 84.4 Å². The van der Waals surface area contributed by atoms with Crippen LogP contribution in [0.1, 0.15) is 116 Å². The van der Waals surface area contributed by atoms with Gasteiger partial charge in [-0.3, -0.25) is 4.99 Å². The van der Waals surface area contributed by atoms with Crippen LogP contribution in [0.3, 0.4) is 0 Å². The molecule has 4 aliphatic heterocycles. The summed E-state index contributed by atoms with van der Waals surface area (Å²) < 4.78 is 0. The Bertz CT molecular complexity index is 1640. The van der Waals surface area contributed by atoms with E-state index in [1.807, 2.05) is 6.08 Å². The average molecular weight is 591 g/mol. The number of fused-ring (bicyclic) bond motifs is 5. The van der Waals surface area contributed by atoms with Crippen LogP contribution in [0.5, 0.6) is 0 Å². The van der Waals surface area contributed by atoms with Crippen molar-refractivity contribution in [2.45, 2.75) is 107 Å². The number of nitrogens with zero attached hydrogens (tertiary/aromatic N) is 3. The van der Waals surface area contributed by atoms with Gasteiger partial charge in [-0.15, -0.1) is 0 Å². The molecule has 0 unspecified atom stereocenters. The van der Waals surface area contributed by atoms with E-state index in [2.05, 4.69) is 78.6 Å². The molecule has 1 aromatic heterocycles. The number of hydrogen-bond acceptors (Lipinski definition) is 4. The maximum absolute atomic E-state index is 9.78. The summed E-state index contributed by atoms with van der Waals surface area (Å²) in [6.07, 6.45) is 19.2. The number of aliphatic hydroxyl groups excluding tert-OH is 1. The average Bonchev–Trinajstić information content (AvgIpc) is 3.76. The molecule has 4 aliphatic rings. The van der Waals surface area contributed by atoms with Crippen LogP contribution in [0.2, 0.25) is 0 Å². The molecule has 8 bridgehead atoms. The fourth-order valence-corrected chi connectivity index (χ4v) is 7.86. The molecule has 0 amide bonds. The van der Waals surface area contributed by atoms with Gasteiger partial charge in [0.15, 0.2) is 0 Å². The van der Waals surface area contributed by atoms with Crippen molar-refractivity contribution in [2.75, 3.05) is 0 Å². The fraction of sp³-hybridized carbons (Fsp3) is 0.462. The second-order valence-electron chi connectivity index (χ2n) is 12.0. The number of aliphatic imine (C=N–C) groups is 3. The van der Waals surface area contributed by atoms with E-state index in [9.17, 15) is 5.11 Å². The van der Waals surface area contributed by atoms with Gasteiger partial charge >= 0.3 is 0 Å². The van der Waals surface area contributed by atoms with Crippen molar-refractivity contribution < 1.29 is 5.11 Å². The standard InChI is InChI=1S/C39H50N4O/c1-9-23-25(11-3)34-21-36-27(13-5)29(15-7)38(42-36)31(18-17-19-44)39-30(16-8)28(14-6)37(43-39)22-35-26(12-4)24(10-2)33(41-35)20-32(23)40-34/h17-22,27,29,40,44H,9-16H2,1-8H3/t27-,29-/m0/s1. The maximum atomic E-state index is 9.78. The molecule has 5 nitrogen and oxygen atoms in total. The first-order chi connectivity index (χ1) is 21.4. The molecule has 0 aliphatic carbocycles. The van der Waals surface area contributed by atoms with Crippen molar-refractivity contribution in [2.24, 2.45) is 26.8 Å². The Morgan fingerprint density at radius 2 is 1.25 bits per heavy atom. The molecule has 0 saturated heterocycles. The Hall–Kier alpha value is -3.73. The van der Waals surface area contributed by atoms with E-state index in [4.69, 9.17) is 15.0 Å². The molecule has 0 spiro atoms. The van der Waals surface area contributed by atoms with E-state index in [-0.39, 0.29) is 5.92 Å². The normalized spacial score (nSPS) is 22.6. The quantitative estimate of drug-likeness (QED) is 0.276. The lowest BCUT2D eigenvalue weighted by Gasteiger charge is -2.21. The maximum Gasteiger partial charge on any atom is 0.0791 e. The van der Waals surface area contributed by atoms with E-state index in [0.717, 1.165) is 103 Å². The monoisotopic (exact) mass is 590 g/mol. The highest BCUT2D eigenvalue weighted by atomic mass is 16.2. The van der Waals surface area contributed by atoms with E-state index in [1.54, 1.807) is 6.08 Å². The third-order valence-electron chi connectivity index (χ3n) is 9.89. The summed E-state index contributed by atoms with van der Waals surface area (Å²) in [7, 11) is 0. The van der Waals surface area contributed by atoms with E-state index in [0.29, 0.717) is 5.92 Å². The minimum Gasteiger partial charge on any atom is -0.516 e. The number of rotatable bonds is 9. The Morgan fingerprint density at radius 3 is 1.82 bits per heavy atom. The van der Waals surface area contributed by atoms with E-state index >= 15 is 0 Å². The van der Waals surface area contributed by atoms with Crippen LogP contribution in [-0.2, 0) is 12.8 Å². The molecule has 5 rings (SSSR count). The number of allylic oxidation sites excluding steroid dienone is 9. The highest BCUT2D eigenvalue weighted by Gasteiger charge is 2.38. The van der Waals surface area contributed by atoms with Crippen LogP contribution < -0.4 is 0 Å². The van der Waals surface area contributed by atoms with Gasteiger partial charge in [0.2, 0.25) is 0 Å². The van der Waals surface area contributed by atoms with Crippen molar-refractivity contribution in [3.05, 3.63) is 92.0 Å². The molecule has 44 heavy (non-hydrogen) atoms. The third-order valence-corrected chi connectivity index (χ3v) is 9.89. The summed E-state index contributed by atoms with van der Waals surface area (Å²) in [5, 5.41) is 9.78. The molecule has 0 fully saturated rings. The van der Waals surface area contributed by atoms with Crippen molar-refractivity contribution in [3.8, 4) is 0 Å². The third kappa shape index (κ3) is 5.29. The molecule has 0 aromatic carbocycles. The van der Waals surface area contributed by atoms with Crippen molar-refractivity contribution in [1.29, 1.82) is 0 Å². The zero-order valence-corrected chi connectivity index (χ0v) is 28.1. The van der Waals surface area contributed by atoms with Gasteiger partial charge in [-0.25, -0.2) is 9.98 Å². The molecule has 2 N–H and O–H groups in total. The molecule has 232 valence electrons. The Kier molecular flexibility index (Phi) is 9.72. The van der Waals surface area contributed by atoms with Crippen molar-refractivity contribution >= 4 is 29.3 Å². The number of aliphatic hydroxyl groups is 1. The Balaban J connectivity index is 1.91. The smallest absolute Gasteiger partial charge is 0.0791 e. The summed E-state index contributed by atoms with van der Waals surface area (Å²) >= 11 is 0. The van der Waals surface area contributed by atoms with Gasteiger partial charge in [-0.05, 0) is 115 Å². The van der Waals surface area contributed by atoms with Gasteiger partial charge in [0.1, 0.15) is 0 Å². The first kappa shape index (κ1) is 31.7. The molecule has 5 heteroatoms. The van der Waals surface area contributed by atoms with Crippen LogP contribution in [0, 0.1) is 11.8 Å². The summed E-state index contributed by atoms with van der Waals surface area (Å²) in [4.78, 5) is 20.0.